The fourth-order valence-corrected chi connectivity index (χ4v) is 3.36. The molecule has 3 aromatic rings. The van der Waals surface area contributed by atoms with Crippen molar-refractivity contribution in [2.24, 2.45) is 0 Å². The second-order valence-corrected chi connectivity index (χ2v) is 5.89. The van der Waals surface area contributed by atoms with Crippen LogP contribution in [0.1, 0.15) is 15.2 Å². The van der Waals surface area contributed by atoms with Crippen LogP contribution in [0.3, 0.4) is 0 Å². The molecule has 0 aliphatic rings. The zero-order chi connectivity index (χ0) is 14.8. The van der Waals surface area contributed by atoms with E-state index in [0.717, 1.165) is 10.1 Å². The molecule has 0 aliphatic carbocycles. The van der Waals surface area contributed by atoms with Crippen LogP contribution in [0.2, 0.25) is 5.02 Å². The number of hydrogen-bond acceptors (Lipinski definition) is 3. The van der Waals surface area contributed by atoms with Gasteiger partial charge in [0, 0.05) is 10.3 Å². The van der Waals surface area contributed by atoms with Crippen molar-refractivity contribution in [1.29, 1.82) is 0 Å². The zero-order valence-electron chi connectivity index (χ0n) is 10.9. The van der Waals surface area contributed by atoms with Gasteiger partial charge in [0.2, 0.25) is 0 Å². The lowest BCUT2D eigenvalue weighted by Gasteiger charge is -2.08. The molecule has 0 saturated heterocycles. The number of carboxylic acid groups (broad SMARTS) is 1. The Kier molecular flexibility index (Phi) is 3.82. The molecule has 0 saturated carbocycles. The minimum absolute atomic E-state index is 0.176. The van der Waals surface area contributed by atoms with Crippen LogP contribution in [0.25, 0.3) is 10.1 Å². The molecule has 0 amide bonds. The summed E-state index contributed by atoms with van der Waals surface area (Å²) in [5.41, 5.74) is 0.683. The van der Waals surface area contributed by atoms with Crippen molar-refractivity contribution in [3.05, 3.63) is 64.0 Å². The highest BCUT2D eigenvalue weighted by atomic mass is 35.5. The number of ether oxygens (including phenoxy) is 1. The number of hydrogen-bond donors (Lipinski definition) is 1. The number of aromatic carboxylic acids is 1. The first-order valence-electron chi connectivity index (χ1n) is 6.28. The lowest BCUT2D eigenvalue weighted by Crippen LogP contribution is -2.02. The molecule has 0 radical (unpaired) electrons. The van der Waals surface area contributed by atoms with Crippen LogP contribution in [0.4, 0.5) is 0 Å². The molecule has 0 bridgehead atoms. The van der Waals surface area contributed by atoms with Crippen LogP contribution >= 0.6 is 22.9 Å². The molecule has 0 spiro atoms. The van der Waals surface area contributed by atoms with Gasteiger partial charge in [0.15, 0.2) is 0 Å². The standard InChI is InChI=1S/C16H11ClO3S/c17-12-6-2-3-7-13(12)20-9-11-10-5-1-4-8-14(10)21-15(11)16(18)19/h1-8H,9H2,(H,18,19). The Hall–Kier alpha value is -2.04. The number of carbonyl (C=O) groups is 1. The van der Waals surface area contributed by atoms with Gasteiger partial charge in [0.1, 0.15) is 17.2 Å². The Morgan fingerprint density at radius 3 is 2.62 bits per heavy atom. The summed E-state index contributed by atoms with van der Waals surface area (Å²) in [6.07, 6.45) is 0. The molecule has 1 heterocycles. The molecule has 0 aliphatic heterocycles. The Morgan fingerprint density at radius 2 is 1.86 bits per heavy atom. The van der Waals surface area contributed by atoms with Crippen molar-refractivity contribution in [1.82, 2.24) is 0 Å². The molecule has 2 aromatic carbocycles. The lowest BCUT2D eigenvalue weighted by atomic mass is 10.1. The van der Waals surface area contributed by atoms with Crippen LogP contribution in [0, 0.1) is 0 Å². The molecule has 0 fully saturated rings. The predicted octanol–water partition coefficient (Wildman–Crippen LogP) is 4.83. The smallest absolute Gasteiger partial charge is 0.346 e. The van der Waals surface area contributed by atoms with E-state index < -0.39 is 5.97 Å². The van der Waals surface area contributed by atoms with E-state index in [1.54, 1.807) is 12.1 Å². The number of carboxylic acids is 1. The highest BCUT2D eigenvalue weighted by molar-refractivity contribution is 7.21. The van der Waals surface area contributed by atoms with Crippen LogP contribution in [-0.2, 0) is 6.61 Å². The maximum atomic E-state index is 11.4. The molecule has 0 unspecified atom stereocenters. The largest absolute Gasteiger partial charge is 0.487 e. The van der Waals surface area contributed by atoms with E-state index in [4.69, 9.17) is 16.3 Å². The van der Waals surface area contributed by atoms with Crippen molar-refractivity contribution in [2.45, 2.75) is 6.61 Å². The molecule has 1 N–H and O–H groups in total. The SMILES string of the molecule is O=C(O)c1sc2ccccc2c1COc1ccccc1Cl. The van der Waals surface area contributed by atoms with Crippen LogP contribution in [-0.4, -0.2) is 11.1 Å². The predicted molar refractivity (Wildman–Crippen MR) is 84.6 cm³/mol. The van der Waals surface area contributed by atoms with Crippen molar-refractivity contribution in [3.8, 4) is 5.75 Å². The Morgan fingerprint density at radius 1 is 1.14 bits per heavy atom. The zero-order valence-corrected chi connectivity index (χ0v) is 12.4. The van der Waals surface area contributed by atoms with Crippen molar-refractivity contribution in [3.63, 3.8) is 0 Å². The summed E-state index contributed by atoms with van der Waals surface area (Å²) in [4.78, 5) is 11.7. The van der Waals surface area contributed by atoms with Gasteiger partial charge in [-0.2, -0.15) is 0 Å². The summed E-state index contributed by atoms with van der Waals surface area (Å²) in [5.74, 6) is -0.389. The van der Waals surface area contributed by atoms with Gasteiger partial charge in [-0.05, 0) is 23.6 Å². The average Bonchev–Trinajstić information content (AvgIpc) is 2.85. The minimum Gasteiger partial charge on any atom is -0.487 e. The van der Waals surface area contributed by atoms with Gasteiger partial charge in [-0.25, -0.2) is 4.79 Å². The molecule has 3 nitrogen and oxygen atoms in total. The number of benzene rings is 2. The number of rotatable bonds is 4. The van der Waals surface area contributed by atoms with Gasteiger partial charge in [-0.15, -0.1) is 11.3 Å². The average molecular weight is 319 g/mol. The fraction of sp³-hybridized carbons (Fsp3) is 0.0625. The quantitative estimate of drug-likeness (QED) is 0.749. The molecule has 1 aromatic heterocycles. The van der Waals surface area contributed by atoms with E-state index in [1.807, 2.05) is 36.4 Å². The van der Waals surface area contributed by atoms with Crippen LogP contribution in [0.15, 0.2) is 48.5 Å². The molecular weight excluding hydrogens is 308 g/mol. The highest BCUT2D eigenvalue weighted by Crippen LogP contribution is 2.33. The number of fused-ring (bicyclic) bond motifs is 1. The third-order valence-corrected chi connectivity index (χ3v) is 4.61. The van der Waals surface area contributed by atoms with Gasteiger partial charge >= 0.3 is 5.97 Å². The van der Waals surface area contributed by atoms with Gasteiger partial charge < -0.3 is 9.84 Å². The summed E-state index contributed by atoms with van der Waals surface area (Å²) in [7, 11) is 0. The Balaban J connectivity index is 1.98. The minimum atomic E-state index is -0.936. The molecule has 21 heavy (non-hydrogen) atoms. The molecule has 106 valence electrons. The van der Waals surface area contributed by atoms with Crippen molar-refractivity contribution in [2.75, 3.05) is 0 Å². The summed E-state index contributed by atoms with van der Waals surface area (Å²) in [5, 5.41) is 10.8. The van der Waals surface area contributed by atoms with E-state index in [1.165, 1.54) is 11.3 Å². The summed E-state index contributed by atoms with van der Waals surface area (Å²) >= 11 is 7.31. The molecule has 3 rings (SSSR count). The third-order valence-electron chi connectivity index (χ3n) is 3.10. The van der Waals surface area contributed by atoms with Gasteiger partial charge in [-0.1, -0.05) is 41.9 Å². The van der Waals surface area contributed by atoms with Crippen molar-refractivity contribution < 1.29 is 14.6 Å². The second-order valence-electron chi connectivity index (χ2n) is 4.43. The normalized spacial score (nSPS) is 10.7. The third kappa shape index (κ3) is 2.73. The number of thiophene rings is 1. The van der Waals surface area contributed by atoms with Gasteiger partial charge in [0.25, 0.3) is 0 Å². The van der Waals surface area contributed by atoms with E-state index in [2.05, 4.69) is 0 Å². The van der Waals surface area contributed by atoms with Crippen LogP contribution < -0.4 is 4.74 Å². The first-order chi connectivity index (χ1) is 10.2. The van der Waals surface area contributed by atoms with Crippen LogP contribution in [0.5, 0.6) is 5.75 Å². The summed E-state index contributed by atoms with van der Waals surface area (Å²) in [6, 6.07) is 14.7. The maximum Gasteiger partial charge on any atom is 0.346 e. The maximum absolute atomic E-state index is 11.4. The van der Waals surface area contributed by atoms with E-state index in [-0.39, 0.29) is 6.61 Å². The lowest BCUT2D eigenvalue weighted by molar-refractivity contribution is 0.0699. The Bertz CT molecular complexity index is 810. The number of para-hydroxylation sites is 1. The molecule has 0 atom stereocenters. The summed E-state index contributed by atoms with van der Waals surface area (Å²) < 4.78 is 6.63. The molecular formula is C16H11ClO3S. The molecule has 5 heteroatoms. The first-order valence-corrected chi connectivity index (χ1v) is 7.47. The second kappa shape index (κ2) is 5.76. The van der Waals surface area contributed by atoms with E-state index in [0.29, 0.717) is 21.2 Å². The number of halogens is 1. The van der Waals surface area contributed by atoms with E-state index in [9.17, 15) is 9.90 Å². The van der Waals surface area contributed by atoms with Gasteiger partial charge in [-0.3, -0.25) is 0 Å². The monoisotopic (exact) mass is 318 g/mol. The fourth-order valence-electron chi connectivity index (χ4n) is 2.13. The van der Waals surface area contributed by atoms with Crippen molar-refractivity contribution >= 4 is 39.0 Å². The van der Waals surface area contributed by atoms with Gasteiger partial charge in [0.05, 0.1) is 5.02 Å². The Labute approximate surface area is 130 Å². The highest BCUT2D eigenvalue weighted by Gasteiger charge is 2.18. The summed E-state index contributed by atoms with van der Waals surface area (Å²) in [6.45, 7) is 0.176. The van der Waals surface area contributed by atoms with E-state index >= 15 is 0 Å². The topological polar surface area (TPSA) is 46.5 Å². The first kappa shape index (κ1) is 13.9.